The van der Waals surface area contributed by atoms with E-state index >= 15 is 0 Å². The molecule has 0 N–H and O–H groups in total. The summed E-state index contributed by atoms with van der Waals surface area (Å²) in [5, 5.41) is 3.98. The monoisotopic (exact) mass is 392 g/mol. The molecule has 1 aromatic heterocycles. The molecule has 0 amide bonds. The maximum atomic E-state index is 5.13. The average Bonchev–Trinajstić information content (AvgIpc) is 3.14. The minimum absolute atomic E-state index is 0.690. The Morgan fingerprint density at radius 2 is 1.17 bits per heavy atom. The first-order valence-corrected chi connectivity index (χ1v) is 11.1. The number of nitrogens with zero attached hydrogens (tertiary/aromatic N) is 2. The summed E-state index contributed by atoms with van der Waals surface area (Å²) in [6.45, 7) is 0. The molecule has 0 aliphatic rings. The zero-order valence-electron chi connectivity index (χ0n) is 16.2. The van der Waals surface area contributed by atoms with Crippen LogP contribution in [-0.4, -0.2) is 9.55 Å². The molecule has 0 unspecified atom stereocenters. The third-order valence-electron chi connectivity index (χ3n) is 5.19. The van der Waals surface area contributed by atoms with E-state index in [9.17, 15) is 0 Å². The molecule has 5 aromatic rings. The quantitative estimate of drug-likeness (QED) is 0.394. The van der Waals surface area contributed by atoms with Crippen LogP contribution in [0.4, 0.5) is 0 Å². The molecule has 0 radical (unpaired) electrons. The van der Waals surface area contributed by atoms with Crippen molar-refractivity contribution in [1.82, 2.24) is 9.55 Å². The minimum atomic E-state index is -0.690. The molecule has 0 aliphatic heterocycles. The number of rotatable bonds is 4. The second-order valence-electron chi connectivity index (χ2n) is 7.01. The highest BCUT2D eigenvalue weighted by molar-refractivity contribution is 7.80. The van der Waals surface area contributed by atoms with Gasteiger partial charge in [0.05, 0.1) is 11.0 Å². The van der Waals surface area contributed by atoms with Crippen molar-refractivity contribution < 1.29 is 0 Å². The second kappa shape index (κ2) is 7.66. The fraction of sp³-hybridized carbons (Fsp3) is 0.0385. The van der Waals surface area contributed by atoms with Crippen molar-refractivity contribution in [3.05, 3.63) is 109 Å². The largest absolute Gasteiger partial charge is 0.327 e. The van der Waals surface area contributed by atoms with Gasteiger partial charge >= 0.3 is 0 Å². The van der Waals surface area contributed by atoms with Gasteiger partial charge in [0.15, 0.2) is 0 Å². The Bertz CT molecular complexity index is 1210. The van der Waals surface area contributed by atoms with Crippen LogP contribution in [0.1, 0.15) is 0 Å². The summed E-state index contributed by atoms with van der Waals surface area (Å²) in [5.41, 5.74) is 3.40. The summed E-state index contributed by atoms with van der Waals surface area (Å²) in [5.74, 6) is 1.00. The predicted octanol–water partition coefficient (Wildman–Crippen LogP) is 5.00. The molecule has 0 spiro atoms. The molecule has 3 heteroatoms. The van der Waals surface area contributed by atoms with Crippen LogP contribution < -0.4 is 15.9 Å². The van der Waals surface area contributed by atoms with E-state index in [0.29, 0.717) is 0 Å². The lowest BCUT2D eigenvalue weighted by Gasteiger charge is -2.19. The van der Waals surface area contributed by atoms with E-state index in [1.54, 1.807) is 0 Å². The van der Waals surface area contributed by atoms with Gasteiger partial charge in [-0.15, -0.1) is 0 Å². The second-order valence-corrected chi connectivity index (χ2v) is 9.20. The highest BCUT2D eigenvalue weighted by atomic mass is 31.1. The van der Waals surface area contributed by atoms with E-state index < -0.39 is 7.92 Å². The van der Waals surface area contributed by atoms with Gasteiger partial charge in [-0.2, -0.15) is 0 Å². The van der Waals surface area contributed by atoms with E-state index in [1.165, 1.54) is 21.4 Å². The molecule has 0 saturated carbocycles. The summed E-state index contributed by atoms with van der Waals surface area (Å²) < 4.78 is 2.21. The Labute approximate surface area is 172 Å². The Kier molecular flexibility index (Phi) is 4.71. The highest BCUT2D eigenvalue weighted by Gasteiger charge is 2.21. The number of aryl methyl sites for hydroxylation is 1. The SMILES string of the molecule is Cn1c(-c2ccccc2)nc2c(P(c3ccccc3)c3ccccc3)cccc21. The number of aromatic nitrogens is 2. The average molecular weight is 392 g/mol. The number of fused-ring (bicyclic) bond motifs is 1. The Hall–Kier alpha value is -3.22. The molecular formula is C26H21N2P. The lowest BCUT2D eigenvalue weighted by atomic mass is 10.2. The molecule has 1 heterocycles. The van der Waals surface area contributed by atoms with Crippen LogP contribution in [0, 0.1) is 0 Å². The normalized spacial score (nSPS) is 11.2. The molecule has 0 fully saturated rings. The molecule has 0 atom stereocenters. The maximum absolute atomic E-state index is 5.13. The lowest BCUT2D eigenvalue weighted by molar-refractivity contribution is 0.959. The van der Waals surface area contributed by atoms with Crippen molar-refractivity contribution in [3.63, 3.8) is 0 Å². The molecule has 2 nitrogen and oxygen atoms in total. The van der Waals surface area contributed by atoms with Crippen molar-refractivity contribution in [2.24, 2.45) is 7.05 Å². The smallest absolute Gasteiger partial charge is 0.140 e. The van der Waals surface area contributed by atoms with E-state index in [-0.39, 0.29) is 0 Å². The molecule has 0 bridgehead atoms. The minimum Gasteiger partial charge on any atom is -0.327 e. The van der Waals surface area contributed by atoms with Crippen LogP contribution in [0.2, 0.25) is 0 Å². The predicted molar refractivity (Wildman–Crippen MR) is 125 cm³/mol. The van der Waals surface area contributed by atoms with E-state index in [0.717, 1.165) is 16.9 Å². The molecule has 140 valence electrons. The van der Waals surface area contributed by atoms with Crippen LogP contribution in [0.5, 0.6) is 0 Å². The summed E-state index contributed by atoms with van der Waals surface area (Å²) in [4.78, 5) is 5.13. The van der Waals surface area contributed by atoms with Gasteiger partial charge in [-0.3, -0.25) is 0 Å². The molecule has 5 rings (SSSR count). The molecule has 0 aliphatic carbocycles. The molecule has 0 saturated heterocycles. The lowest BCUT2D eigenvalue weighted by Crippen LogP contribution is -2.21. The van der Waals surface area contributed by atoms with Crippen molar-refractivity contribution in [2.75, 3.05) is 0 Å². The molecule has 29 heavy (non-hydrogen) atoms. The van der Waals surface area contributed by atoms with Crippen LogP contribution in [0.25, 0.3) is 22.4 Å². The van der Waals surface area contributed by atoms with Gasteiger partial charge in [0, 0.05) is 17.9 Å². The van der Waals surface area contributed by atoms with Crippen molar-refractivity contribution in [2.45, 2.75) is 0 Å². The van der Waals surface area contributed by atoms with E-state index in [1.807, 2.05) is 6.07 Å². The molecular weight excluding hydrogens is 371 g/mol. The number of para-hydroxylation sites is 1. The van der Waals surface area contributed by atoms with Crippen LogP contribution in [0.15, 0.2) is 109 Å². The Morgan fingerprint density at radius 3 is 1.76 bits per heavy atom. The summed E-state index contributed by atoms with van der Waals surface area (Å²) in [6, 6.07) is 38.6. The van der Waals surface area contributed by atoms with E-state index in [2.05, 4.69) is 115 Å². The van der Waals surface area contributed by atoms with Gasteiger partial charge in [-0.1, -0.05) is 103 Å². The molecule has 4 aromatic carbocycles. The zero-order valence-corrected chi connectivity index (χ0v) is 17.1. The van der Waals surface area contributed by atoms with Crippen LogP contribution in [0.3, 0.4) is 0 Å². The maximum Gasteiger partial charge on any atom is 0.140 e. The zero-order chi connectivity index (χ0) is 19.6. The van der Waals surface area contributed by atoms with Crippen LogP contribution in [-0.2, 0) is 7.05 Å². The first-order chi connectivity index (χ1) is 14.3. The van der Waals surface area contributed by atoms with Gasteiger partial charge in [0.2, 0.25) is 0 Å². The van der Waals surface area contributed by atoms with Gasteiger partial charge in [0.1, 0.15) is 5.82 Å². The van der Waals surface area contributed by atoms with Gasteiger partial charge in [0.25, 0.3) is 0 Å². The Balaban J connectivity index is 1.76. The topological polar surface area (TPSA) is 17.8 Å². The summed E-state index contributed by atoms with van der Waals surface area (Å²) in [7, 11) is 1.42. The highest BCUT2D eigenvalue weighted by Crippen LogP contribution is 2.36. The Morgan fingerprint density at radius 1 is 0.621 bits per heavy atom. The van der Waals surface area contributed by atoms with Gasteiger partial charge in [-0.25, -0.2) is 4.98 Å². The van der Waals surface area contributed by atoms with Crippen molar-refractivity contribution >= 4 is 34.9 Å². The van der Waals surface area contributed by atoms with E-state index in [4.69, 9.17) is 4.98 Å². The standard InChI is InChI=1S/C26H21N2P/c1-28-23-18-11-19-24(25(23)27-26(28)20-12-5-2-6-13-20)29(21-14-7-3-8-15-21)22-16-9-4-10-17-22/h2-19H,1H3. The number of hydrogen-bond donors (Lipinski definition) is 0. The number of imidazole rings is 1. The number of hydrogen-bond acceptors (Lipinski definition) is 1. The first kappa shape index (κ1) is 17.8. The van der Waals surface area contributed by atoms with Crippen LogP contribution >= 0.6 is 7.92 Å². The first-order valence-electron chi connectivity index (χ1n) is 9.74. The fourth-order valence-corrected chi connectivity index (χ4v) is 6.21. The fourth-order valence-electron chi connectivity index (χ4n) is 3.81. The van der Waals surface area contributed by atoms with Crippen molar-refractivity contribution in [3.8, 4) is 11.4 Å². The summed E-state index contributed by atoms with van der Waals surface area (Å²) in [6.07, 6.45) is 0. The van der Waals surface area contributed by atoms with Crippen molar-refractivity contribution in [1.29, 1.82) is 0 Å². The third kappa shape index (κ3) is 3.26. The van der Waals surface area contributed by atoms with Gasteiger partial charge < -0.3 is 4.57 Å². The number of benzene rings is 4. The summed E-state index contributed by atoms with van der Waals surface area (Å²) >= 11 is 0. The van der Waals surface area contributed by atoms with Gasteiger partial charge in [-0.05, 0) is 24.6 Å². The third-order valence-corrected chi connectivity index (χ3v) is 7.66.